The Bertz CT molecular complexity index is 708. The van der Waals surface area contributed by atoms with E-state index < -0.39 is 6.09 Å². The van der Waals surface area contributed by atoms with Crippen LogP contribution in [0.25, 0.3) is 0 Å². The van der Waals surface area contributed by atoms with Crippen LogP contribution in [-0.4, -0.2) is 19.8 Å². The third-order valence-electron chi connectivity index (χ3n) is 2.92. The molecule has 2 N–H and O–H groups in total. The summed E-state index contributed by atoms with van der Waals surface area (Å²) in [6, 6.07) is 10.5. The Kier molecular flexibility index (Phi) is 5.96. The molecule has 0 atom stereocenters. The molecule has 0 bridgehead atoms. The normalized spacial score (nSPS) is 10.1. The first-order chi connectivity index (χ1) is 11.0. The van der Waals surface area contributed by atoms with Crippen molar-refractivity contribution in [3.63, 3.8) is 0 Å². The highest BCUT2D eigenvalue weighted by Gasteiger charge is 2.13. The van der Waals surface area contributed by atoms with Gasteiger partial charge < -0.3 is 14.8 Å². The van der Waals surface area contributed by atoms with Gasteiger partial charge in [0.15, 0.2) is 5.75 Å². The van der Waals surface area contributed by atoms with Gasteiger partial charge in [0.1, 0.15) is 0 Å². The van der Waals surface area contributed by atoms with Gasteiger partial charge in [0, 0.05) is 5.02 Å². The molecule has 0 aromatic heterocycles. The minimum Gasteiger partial charge on any atom is -0.493 e. The summed E-state index contributed by atoms with van der Waals surface area (Å²) in [4.78, 5) is 11.6. The van der Waals surface area contributed by atoms with Crippen molar-refractivity contribution < 1.29 is 14.3 Å². The summed E-state index contributed by atoms with van der Waals surface area (Å²) in [7, 11) is 1.52. The first-order valence-electron chi connectivity index (χ1n) is 6.88. The maximum absolute atomic E-state index is 11.6. The van der Waals surface area contributed by atoms with Crippen molar-refractivity contribution in [3.8, 4) is 5.75 Å². The molecule has 0 aliphatic carbocycles. The summed E-state index contributed by atoms with van der Waals surface area (Å²) in [5.74, 6) is 0.460. The van der Waals surface area contributed by atoms with Crippen molar-refractivity contribution in [3.05, 3.63) is 46.4 Å². The molecule has 0 radical (unpaired) electrons. The van der Waals surface area contributed by atoms with Gasteiger partial charge in [-0.1, -0.05) is 35.3 Å². The van der Waals surface area contributed by atoms with Crippen LogP contribution in [0.15, 0.2) is 36.4 Å². The van der Waals surface area contributed by atoms with Gasteiger partial charge >= 0.3 is 6.09 Å². The third-order valence-corrected chi connectivity index (χ3v) is 3.42. The predicted molar refractivity (Wildman–Crippen MR) is 93.4 cm³/mol. The maximum atomic E-state index is 11.6. The molecule has 0 aliphatic heterocycles. The van der Waals surface area contributed by atoms with E-state index in [0.717, 1.165) is 0 Å². The summed E-state index contributed by atoms with van der Waals surface area (Å²) in [5, 5.41) is 6.68. The number of benzene rings is 2. The number of nitrogens with one attached hydrogen (secondary N) is 2. The molecule has 0 unspecified atom stereocenters. The van der Waals surface area contributed by atoms with Gasteiger partial charge in [0.25, 0.3) is 0 Å². The average molecular weight is 355 g/mol. The Balaban J connectivity index is 2.32. The lowest BCUT2D eigenvalue weighted by Gasteiger charge is -2.16. The minimum atomic E-state index is -0.530. The maximum Gasteiger partial charge on any atom is 0.411 e. The van der Waals surface area contributed by atoms with Crippen LogP contribution in [0, 0.1) is 0 Å². The van der Waals surface area contributed by atoms with E-state index in [1.807, 2.05) is 6.07 Å². The molecule has 2 aromatic carbocycles. The predicted octanol–water partition coefficient (Wildman–Crippen LogP) is 5.31. The van der Waals surface area contributed by atoms with Gasteiger partial charge in [-0.3, -0.25) is 5.32 Å². The van der Waals surface area contributed by atoms with Crippen molar-refractivity contribution in [2.45, 2.75) is 6.92 Å². The molecule has 23 heavy (non-hydrogen) atoms. The van der Waals surface area contributed by atoms with E-state index in [2.05, 4.69) is 10.6 Å². The number of rotatable bonds is 5. The van der Waals surface area contributed by atoms with Crippen molar-refractivity contribution in [2.24, 2.45) is 0 Å². The van der Waals surface area contributed by atoms with Crippen LogP contribution < -0.4 is 15.4 Å². The Hall–Kier alpha value is -2.11. The lowest BCUT2D eigenvalue weighted by atomic mass is 10.2. The number of hydrogen-bond acceptors (Lipinski definition) is 4. The Morgan fingerprint density at radius 1 is 1.13 bits per heavy atom. The number of anilines is 3. The van der Waals surface area contributed by atoms with Gasteiger partial charge in [-0.05, 0) is 31.2 Å². The molecule has 0 heterocycles. The first-order valence-corrected chi connectivity index (χ1v) is 7.63. The second-order valence-electron chi connectivity index (χ2n) is 4.48. The summed E-state index contributed by atoms with van der Waals surface area (Å²) in [6.45, 7) is 2.03. The molecular weight excluding hydrogens is 339 g/mol. The highest BCUT2D eigenvalue weighted by atomic mass is 35.5. The summed E-state index contributed by atoms with van der Waals surface area (Å²) in [5.41, 5.74) is 1.80. The standard InChI is InChI=1S/C16H16Cl2N2O3/c1-3-23-16(21)20-13-7-5-4-6-12(13)19-14-9-10(17)8-11(18)15(14)22-2/h4-9,19H,3H2,1-2H3,(H,20,21). The fraction of sp³-hybridized carbons (Fsp3) is 0.188. The number of methoxy groups -OCH3 is 1. The van der Waals surface area contributed by atoms with E-state index in [1.54, 1.807) is 37.3 Å². The zero-order chi connectivity index (χ0) is 16.8. The van der Waals surface area contributed by atoms with E-state index >= 15 is 0 Å². The van der Waals surface area contributed by atoms with E-state index in [9.17, 15) is 4.79 Å². The van der Waals surface area contributed by atoms with Crippen LogP contribution in [0.1, 0.15) is 6.92 Å². The lowest BCUT2D eigenvalue weighted by Crippen LogP contribution is -2.14. The molecule has 2 rings (SSSR count). The second-order valence-corrected chi connectivity index (χ2v) is 5.33. The molecule has 0 aliphatic rings. The van der Waals surface area contributed by atoms with Crippen molar-refractivity contribution in [1.29, 1.82) is 0 Å². The van der Waals surface area contributed by atoms with Crippen LogP contribution in [0.3, 0.4) is 0 Å². The van der Waals surface area contributed by atoms with Crippen LogP contribution in [0.4, 0.5) is 21.9 Å². The lowest BCUT2D eigenvalue weighted by molar-refractivity contribution is 0.168. The Labute approximate surface area is 144 Å². The number of ether oxygens (including phenoxy) is 2. The van der Waals surface area contributed by atoms with Crippen LogP contribution in [-0.2, 0) is 4.74 Å². The van der Waals surface area contributed by atoms with E-state index in [1.165, 1.54) is 7.11 Å². The highest BCUT2D eigenvalue weighted by molar-refractivity contribution is 6.36. The fourth-order valence-electron chi connectivity index (χ4n) is 1.98. The highest BCUT2D eigenvalue weighted by Crippen LogP contribution is 2.38. The molecular formula is C16H16Cl2N2O3. The van der Waals surface area contributed by atoms with Gasteiger partial charge in [0.05, 0.1) is 35.8 Å². The van der Waals surface area contributed by atoms with E-state index in [0.29, 0.717) is 39.5 Å². The largest absolute Gasteiger partial charge is 0.493 e. The van der Waals surface area contributed by atoms with Gasteiger partial charge in [-0.15, -0.1) is 0 Å². The molecule has 1 amide bonds. The average Bonchev–Trinajstić information content (AvgIpc) is 2.49. The quantitative estimate of drug-likeness (QED) is 0.763. The van der Waals surface area contributed by atoms with Gasteiger partial charge in [0.2, 0.25) is 0 Å². The smallest absolute Gasteiger partial charge is 0.411 e. The van der Waals surface area contributed by atoms with Crippen LogP contribution in [0.5, 0.6) is 5.75 Å². The fourth-order valence-corrected chi connectivity index (χ4v) is 2.55. The molecule has 0 saturated heterocycles. The van der Waals surface area contributed by atoms with Crippen LogP contribution in [0.2, 0.25) is 10.0 Å². The molecule has 2 aromatic rings. The number of carbonyl (C=O) groups is 1. The Morgan fingerprint density at radius 2 is 1.83 bits per heavy atom. The number of hydrogen-bond donors (Lipinski definition) is 2. The summed E-state index contributed by atoms with van der Waals surface area (Å²) >= 11 is 12.2. The molecule has 0 fully saturated rings. The van der Waals surface area contributed by atoms with Crippen molar-refractivity contribution in [1.82, 2.24) is 0 Å². The topological polar surface area (TPSA) is 59.6 Å². The molecule has 5 nitrogen and oxygen atoms in total. The molecule has 7 heteroatoms. The summed E-state index contributed by atoms with van der Waals surface area (Å²) in [6.07, 6.45) is -0.530. The van der Waals surface area contributed by atoms with Gasteiger partial charge in [-0.2, -0.15) is 0 Å². The molecule has 0 saturated carbocycles. The minimum absolute atomic E-state index is 0.291. The third kappa shape index (κ3) is 4.43. The molecule has 0 spiro atoms. The number of amides is 1. The number of para-hydroxylation sites is 2. The monoisotopic (exact) mass is 354 g/mol. The SMILES string of the molecule is CCOC(=O)Nc1ccccc1Nc1cc(Cl)cc(Cl)c1OC. The Morgan fingerprint density at radius 3 is 2.48 bits per heavy atom. The second kappa shape index (κ2) is 7.94. The van der Waals surface area contributed by atoms with Gasteiger partial charge in [-0.25, -0.2) is 4.79 Å². The summed E-state index contributed by atoms with van der Waals surface area (Å²) < 4.78 is 10.2. The number of carbonyl (C=O) groups excluding carboxylic acids is 1. The van der Waals surface area contributed by atoms with Crippen molar-refractivity contribution in [2.75, 3.05) is 24.4 Å². The zero-order valence-electron chi connectivity index (χ0n) is 12.7. The van der Waals surface area contributed by atoms with E-state index in [4.69, 9.17) is 32.7 Å². The van der Waals surface area contributed by atoms with E-state index in [-0.39, 0.29) is 0 Å². The number of halogens is 2. The van der Waals surface area contributed by atoms with Crippen molar-refractivity contribution >= 4 is 46.4 Å². The van der Waals surface area contributed by atoms with Crippen LogP contribution >= 0.6 is 23.2 Å². The zero-order valence-corrected chi connectivity index (χ0v) is 14.2. The molecule has 122 valence electrons. The first kappa shape index (κ1) is 17.2.